The van der Waals surface area contributed by atoms with Gasteiger partial charge in [0.25, 0.3) is 0 Å². The molecule has 0 atom stereocenters. The van der Waals surface area contributed by atoms with Gasteiger partial charge in [0.05, 0.1) is 28.3 Å². The molecule has 0 radical (unpaired) electrons. The molecule has 144 valence electrons. The summed E-state index contributed by atoms with van der Waals surface area (Å²) in [7, 11) is 0. The van der Waals surface area contributed by atoms with Crippen LogP contribution in [0.3, 0.4) is 0 Å². The van der Waals surface area contributed by atoms with Crippen molar-refractivity contribution in [3.8, 4) is 6.07 Å². The van der Waals surface area contributed by atoms with Crippen LogP contribution in [-0.2, 0) is 6.18 Å². The molecule has 0 saturated carbocycles. The highest BCUT2D eigenvalue weighted by Crippen LogP contribution is 2.38. The fourth-order valence-corrected chi connectivity index (χ4v) is 4.32. The van der Waals surface area contributed by atoms with E-state index >= 15 is 0 Å². The number of alkyl halides is 3. The maximum absolute atomic E-state index is 13.4. The highest BCUT2D eigenvalue weighted by molar-refractivity contribution is 7.18. The zero-order chi connectivity index (χ0) is 19.9. The predicted molar refractivity (Wildman–Crippen MR) is 103 cm³/mol. The van der Waals surface area contributed by atoms with E-state index in [0.29, 0.717) is 26.2 Å². The molecule has 0 bridgehead atoms. The van der Waals surface area contributed by atoms with Crippen molar-refractivity contribution in [3.63, 3.8) is 0 Å². The molecule has 3 heterocycles. The third-order valence-electron chi connectivity index (χ3n) is 4.78. The van der Waals surface area contributed by atoms with E-state index in [-0.39, 0.29) is 11.3 Å². The van der Waals surface area contributed by atoms with Crippen LogP contribution in [0, 0.1) is 18.3 Å². The van der Waals surface area contributed by atoms with Crippen molar-refractivity contribution in [1.82, 2.24) is 9.97 Å². The molecule has 0 spiro atoms. The summed E-state index contributed by atoms with van der Waals surface area (Å²) in [4.78, 5) is 14.5. The Bertz CT molecular complexity index is 1060. The molecule has 0 N–H and O–H groups in total. The second-order valence-corrected chi connectivity index (χ2v) is 7.82. The van der Waals surface area contributed by atoms with Gasteiger partial charge in [0, 0.05) is 31.1 Å². The second kappa shape index (κ2) is 6.95. The van der Waals surface area contributed by atoms with Crippen LogP contribution in [0.15, 0.2) is 30.6 Å². The maximum atomic E-state index is 13.4. The smallest absolute Gasteiger partial charge is 0.367 e. The summed E-state index contributed by atoms with van der Waals surface area (Å²) in [6.45, 7) is 3.90. The van der Waals surface area contributed by atoms with Crippen LogP contribution in [0.5, 0.6) is 0 Å². The van der Waals surface area contributed by atoms with Gasteiger partial charge in [-0.3, -0.25) is 0 Å². The lowest BCUT2D eigenvalue weighted by atomic mass is 10.1. The van der Waals surface area contributed by atoms with E-state index in [0.717, 1.165) is 27.0 Å². The van der Waals surface area contributed by atoms with Gasteiger partial charge in [-0.05, 0) is 31.2 Å². The lowest BCUT2D eigenvalue weighted by Crippen LogP contribution is -2.47. The topological polar surface area (TPSA) is 56.0 Å². The molecule has 1 saturated heterocycles. The fourth-order valence-electron chi connectivity index (χ4n) is 3.48. The van der Waals surface area contributed by atoms with Gasteiger partial charge in [-0.2, -0.15) is 18.4 Å². The highest BCUT2D eigenvalue weighted by atomic mass is 32.1. The number of fused-ring (bicyclic) bond motifs is 1. The number of aryl methyl sites for hydroxylation is 1. The molecule has 3 aromatic rings. The Hall–Kier alpha value is -2.86. The molecule has 0 unspecified atom stereocenters. The summed E-state index contributed by atoms with van der Waals surface area (Å²) < 4.78 is 40.3. The Morgan fingerprint density at radius 1 is 1.07 bits per heavy atom. The minimum atomic E-state index is -4.46. The molecule has 5 nitrogen and oxygen atoms in total. The second-order valence-electron chi connectivity index (χ2n) is 6.59. The summed E-state index contributed by atoms with van der Waals surface area (Å²) in [6.07, 6.45) is -2.94. The number of hydrogen-bond donors (Lipinski definition) is 0. The van der Waals surface area contributed by atoms with Crippen molar-refractivity contribution < 1.29 is 13.2 Å². The molecule has 0 amide bonds. The van der Waals surface area contributed by atoms with Gasteiger partial charge in [0.2, 0.25) is 0 Å². The number of nitrogens with zero attached hydrogens (tertiary/aromatic N) is 5. The summed E-state index contributed by atoms with van der Waals surface area (Å²) in [5.41, 5.74) is -0.431. The minimum absolute atomic E-state index is 0.0606. The van der Waals surface area contributed by atoms with Crippen molar-refractivity contribution in [2.45, 2.75) is 13.1 Å². The van der Waals surface area contributed by atoms with E-state index in [1.807, 2.05) is 19.1 Å². The number of anilines is 2. The number of nitriles is 1. The average molecular weight is 403 g/mol. The number of thiophene rings is 1. The molecule has 4 rings (SSSR count). The van der Waals surface area contributed by atoms with Crippen LogP contribution in [0.25, 0.3) is 10.2 Å². The molecular formula is C19H16F3N5S. The molecule has 28 heavy (non-hydrogen) atoms. The van der Waals surface area contributed by atoms with Gasteiger partial charge in [0.15, 0.2) is 0 Å². The van der Waals surface area contributed by atoms with E-state index in [1.165, 1.54) is 18.5 Å². The van der Waals surface area contributed by atoms with Gasteiger partial charge in [-0.15, -0.1) is 11.3 Å². The predicted octanol–water partition coefficient (Wildman–Crippen LogP) is 4.22. The number of hydrogen-bond acceptors (Lipinski definition) is 6. The van der Waals surface area contributed by atoms with Crippen LogP contribution in [0.1, 0.15) is 16.0 Å². The van der Waals surface area contributed by atoms with Gasteiger partial charge >= 0.3 is 6.18 Å². The lowest BCUT2D eigenvalue weighted by Gasteiger charge is -2.37. The monoisotopic (exact) mass is 403 g/mol. The molecule has 1 aliphatic heterocycles. The standard InChI is InChI=1S/C19H16F3N5S/c1-12-8-14-17(24-11-25-18(14)28-12)27-6-4-26(5-7-27)16-9-13(10-23)2-3-15(16)19(20,21)22/h2-3,8-9,11H,4-7H2,1H3. The first-order chi connectivity index (χ1) is 13.4. The summed E-state index contributed by atoms with van der Waals surface area (Å²) in [6, 6.07) is 7.48. The zero-order valence-corrected chi connectivity index (χ0v) is 15.8. The summed E-state index contributed by atoms with van der Waals surface area (Å²) >= 11 is 1.59. The average Bonchev–Trinajstić information content (AvgIpc) is 3.07. The number of rotatable bonds is 2. The van der Waals surface area contributed by atoms with Crippen LogP contribution in [-0.4, -0.2) is 36.1 Å². The van der Waals surface area contributed by atoms with E-state index in [2.05, 4.69) is 14.9 Å². The molecular weight excluding hydrogens is 387 g/mol. The Balaban J connectivity index is 1.60. The highest BCUT2D eigenvalue weighted by Gasteiger charge is 2.35. The van der Waals surface area contributed by atoms with Crippen LogP contribution in [0.4, 0.5) is 24.7 Å². The van der Waals surface area contributed by atoms with Gasteiger partial charge in [0.1, 0.15) is 17.0 Å². The van der Waals surface area contributed by atoms with Gasteiger partial charge in [-0.25, -0.2) is 9.97 Å². The van der Waals surface area contributed by atoms with Gasteiger partial charge in [-0.1, -0.05) is 0 Å². The van der Waals surface area contributed by atoms with E-state index in [1.54, 1.807) is 16.2 Å². The summed E-state index contributed by atoms with van der Waals surface area (Å²) in [5, 5.41) is 10.0. The van der Waals surface area contributed by atoms with E-state index in [9.17, 15) is 13.2 Å². The van der Waals surface area contributed by atoms with Crippen molar-refractivity contribution in [3.05, 3.63) is 46.6 Å². The quantitative estimate of drug-likeness (QED) is 0.641. The molecule has 1 fully saturated rings. The zero-order valence-electron chi connectivity index (χ0n) is 15.0. The third-order valence-corrected chi connectivity index (χ3v) is 5.74. The SMILES string of the molecule is Cc1cc2c(N3CCN(c4cc(C#N)ccc4C(F)(F)F)CC3)ncnc2s1. The number of piperazine rings is 1. The lowest BCUT2D eigenvalue weighted by molar-refractivity contribution is -0.137. The number of aromatic nitrogens is 2. The van der Waals surface area contributed by atoms with E-state index in [4.69, 9.17) is 5.26 Å². The third kappa shape index (κ3) is 3.36. The Kier molecular flexibility index (Phi) is 4.59. The summed E-state index contributed by atoms with van der Waals surface area (Å²) in [5.74, 6) is 0.816. The first-order valence-electron chi connectivity index (χ1n) is 8.69. The molecule has 0 aliphatic carbocycles. The van der Waals surface area contributed by atoms with Crippen LogP contribution < -0.4 is 9.80 Å². The Morgan fingerprint density at radius 2 is 1.79 bits per heavy atom. The first kappa shape index (κ1) is 18.5. The van der Waals surface area contributed by atoms with Crippen molar-refractivity contribution in [1.29, 1.82) is 5.26 Å². The minimum Gasteiger partial charge on any atom is -0.367 e. The largest absolute Gasteiger partial charge is 0.418 e. The Labute approximate surface area is 163 Å². The van der Waals surface area contributed by atoms with Crippen molar-refractivity contribution in [2.24, 2.45) is 0 Å². The molecule has 1 aromatic carbocycles. The van der Waals surface area contributed by atoms with Crippen LogP contribution >= 0.6 is 11.3 Å². The van der Waals surface area contributed by atoms with Crippen molar-refractivity contribution >= 4 is 33.1 Å². The first-order valence-corrected chi connectivity index (χ1v) is 9.51. The number of halogens is 3. The van der Waals surface area contributed by atoms with Gasteiger partial charge < -0.3 is 9.80 Å². The maximum Gasteiger partial charge on any atom is 0.418 e. The van der Waals surface area contributed by atoms with E-state index < -0.39 is 11.7 Å². The van der Waals surface area contributed by atoms with Crippen molar-refractivity contribution in [2.75, 3.05) is 36.0 Å². The molecule has 2 aromatic heterocycles. The molecule has 1 aliphatic rings. The van der Waals surface area contributed by atoms with Crippen LogP contribution in [0.2, 0.25) is 0 Å². The fraction of sp³-hybridized carbons (Fsp3) is 0.316. The Morgan fingerprint density at radius 3 is 2.46 bits per heavy atom. The molecule has 9 heteroatoms. The normalized spacial score (nSPS) is 15.1. The number of benzene rings is 1.